The lowest BCUT2D eigenvalue weighted by Gasteiger charge is -2.12. The van der Waals surface area contributed by atoms with Crippen molar-refractivity contribution in [3.8, 4) is 11.4 Å². The van der Waals surface area contributed by atoms with E-state index in [0.717, 1.165) is 25.7 Å². The molecule has 1 aromatic heterocycles. The van der Waals surface area contributed by atoms with Crippen LogP contribution in [0.5, 0.6) is 5.75 Å². The Kier molecular flexibility index (Phi) is 5.05. The summed E-state index contributed by atoms with van der Waals surface area (Å²) in [6.45, 7) is 0. The van der Waals surface area contributed by atoms with Crippen molar-refractivity contribution in [2.45, 2.75) is 31.7 Å². The van der Waals surface area contributed by atoms with Crippen molar-refractivity contribution < 1.29 is 9.53 Å². The first-order chi connectivity index (χ1) is 13.6. The van der Waals surface area contributed by atoms with Crippen LogP contribution in [0.4, 0.5) is 0 Å². The molecule has 144 valence electrons. The number of ether oxygens (including phenoxy) is 1. The highest BCUT2D eigenvalue weighted by atomic mass is 35.5. The average molecular weight is 398 g/mol. The summed E-state index contributed by atoms with van der Waals surface area (Å²) in [5.74, 6) is 0.409. The van der Waals surface area contributed by atoms with Crippen molar-refractivity contribution in [3.05, 3.63) is 63.7 Å². The number of carbonyl (C=O) groups excluding carboxylic acids is 1. The van der Waals surface area contributed by atoms with Crippen LogP contribution in [0, 0.1) is 0 Å². The number of nitrogens with zero attached hydrogens (tertiary/aromatic N) is 2. The topological polar surface area (TPSA) is 73.2 Å². The second kappa shape index (κ2) is 7.64. The van der Waals surface area contributed by atoms with Crippen molar-refractivity contribution in [1.82, 2.24) is 14.9 Å². The molecule has 0 aliphatic heterocycles. The summed E-state index contributed by atoms with van der Waals surface area (Å²) in [6, 6.07) is 10.3. The fourth-order valence-electron chi connectivity index (χ4n) is 3.59. The number of hydrogen-bond acceptors (Lipinski definition) is 4. The second-order valence-corrected chi connectivity index (χ2v) is 7.33. The summed E-state index contributed by atoms with van der Waals surface area (Å²) in [5, 5.41) is 3.90. The van der Waals surface area contributed by atoms with E-state index in [4.69, 9.17) is 16.3 Å². The Labute approximate surface area is 167 Å². The number of methoxy groups -OCH3 is 1. The molecule has 1 saturated carbocycles. The van der Waals surface area contributed by atoms with Crippen LogP contribution in [-0.4, -0.2) is 28.6 Å². The van der Waals surface area contributed by atoms with Gasteiger partial charge in [0.2, 0.25) is 0 Å². The molecule has 7 heteroatoms. The van der Waals surface area contributed by atoms with Gasteiger partial charge < -0.3 is 10.1 Å². The number of nitrogens with one attached hydrogen (secondary N) is 1. The van der Waals surface area contributed by atoms with Crippen molar-refractivity contribution >= 4 is 28.4 Å². The van der Waals surface area contributed by atoms with Crippen molar-refractivity contribution in [2.24, 2.45) is 0 Å². The van der Waals surface area contributed by atoms with Crippen molar-refractivity contribution in [2.75, 3.05) is 7.11 Å². The number of rotatable bonds is 4. The summed E-state index contributed by atoms with van der Waals surface area (Å²) in [4.78, 5) is 29.7. The number of carbonyl (C=O) groups is 1. The number of hydrogen-bond donors (Lipinski definition) is 1. The minimum atomic E-state index is -0.228. The summed E-state index contributed by atoms with van der Waals surface area (Å²) in [7, 11) is 1.53. The number of amides is 1. The lowest BCUT2D eigenvalue weighted by atomic mass is 10.1. The maximum atomic E-state index is 12.9. The van der Waals surface area contributed by atoms with Crippen LogP contribution < -0.4 is 15.6 Å². The summed E-state index contributed by atoms with van der Waals surface area (Å²) >= 11 is 6.17. The van der Waals surface area contributed by atoms with Gasteiger partial charge in [0, 0.05) is 11.6 Å². The van der Waals surface area contributed by atoms with E-state index in [-0.39, 0.29) is 17.5 Å². The van der Waals surface area contributed by atoms with Gasteiger partial charge in [0.05, 0.1) is 28.7 Å². The lowest BCUT2D eigenvalue weighted by Crippen LogP contribution is -2.32. The average Bonchev–Trinajstić information content (AvgIpc) is 3.21. The monoisotopic (exact) mass is 397 g/mol. The molecule has 1 heterocycles. The summed E-state index contributed by atoms with van der Waals surface area (Å²) < 4.78 is 6.57. The molecule has 1 aliphatic rings. The van der Waals surface area contributed by atoms with Crippen LogP contribution in [0.2, 0.25) is 5.02 Å². The summed E-state index contributed by atoms with van der Waals surface area (Å²) in [6.07, 6.45) is 5.79. The van der Waals surface area contributed by atoms with Crippen LogP contribution >= 0.6 is 11.6 Å². The lowest BCUT2D eigenvalue weighted by molar-refractivity contribution is 0.0938. The van der Waals surface area contributed by atoms with Gasteiger partial charge in [-0.2, -0.15) is 0 Å². The van der Waals surface area contributed by atoms with E-state index in [1.54, 1.807) is 36.4 Å². The van der Waals surface area contributed by atoms with Gasteiger partial charge in [0.25, 0.3) is 11.5 Å². The Balaban J connectivity index is 1.67. The first-order valence-corrected chi connectivity index (χ1v) is 9.61. The van der Waals surface area contributed by atoms with E-state index in [2.05, 4.69) is 10.3 Å². The standard InChI is InChI=1S/C21H20ClN3O3/c1-28-19-9-7-15(11-17(19)22)25-12-23-18-10-13(6-8-16(18)21(25)27)20(26)24-14-4-2-3-5-14/h6-12,14H,2-5H2,1H3,(H,24,26). The van der Waals surface area contributed by atoms with Gasteiger partial charge in [0.15, 0.2) is 0 Å². The zero-order valence-corrected chi connectivity index (χ0v) is 16.2. The van der Waals surface area contributed by atoms with Gasteiger partial charge in [-0.05, 0) is 49.2 Å². The molecule has 2 aromatic carbocycles. The van der Waals surface area contributed by atoms with E-state index >= 15 is 0 Å². The molecule has 1 amide bonds. The Hall–Kier alpha value is -2.86. The van der Waals surface area contributed by atoms with Crippen molar-refractivity contribution in [1.29, 1.82) is 0 Å². The van der Waals surface area contributed by atoms with Crippen LogP contribution in [0.25, 0.3) is 16.6 Å². The molecule has 0 saturated heterocycles. The largest absolute Gasteiger partial charge is 0.495 e. The molecular formula is C21H20ClN3O3. The molecule has 1 aliphatic carbocycles. The van der Waals surface area contributed by atoms with E-state index in [1.165, 1.54) is 18.0 Å². The van der Waals surface area contributed by atoms with Gasteiger partial charge in [-0.1, -0.05) is 24.4 Å². The van der Waals surface area contributed by atoms with Crippen LogP contribution in [0.15, 0.2) is 47.5 Å². The third-order valence-electron chi connectivity index (χ3n) is 5.13. The molecule has 0 unspecified atom stereocenters. The van der Waals surface area contributed by atoms with Gasteiger partial charge >= 0.3 is 0 Å². The van der Waals surface area contributed by atoms with Gasteiger partial charge in [0.1, 0.15) is 12.1 Å². The zero-order chi connectivity index (χ0) is 19.7. The second-order valence-electron chi connectivity index (χ2n) is 6.93. The Morgan fingerprint density at radius 2 is 2.00 bits per heavy atom. The zero-order valence-electron chi connectivity index (χ0n) is 15.4. The Bertz CT molecular complexity index is 1100. The fourth-order valence-corrected chi connectivity index (χ4v) is 3.84. The normalized spacial score (nSPS) is 14.4. The number of benzene rings is 2. The number of halogens is 1. The van der Waals surface area contributed by atoms with Gasteiger partial charge in [-0.15, -0.1) is 0 Å². The molecule has 28 heavy (non-hydrogen) atoms. The highest BCUT2D eigenvalue weighted by molar-refractivity contribution is 6.32. The third kappa shape index (κ3) is 3.47. The first kappa shape index (κ1) is 18.5. The molecule has 3 aromatic rings. The van der Waals surface area contributed by atoms with E-state index in [0.29, 0.717) is 32.9 Å². The highest BCUT2D eigenvalue weighted by Crippen LogP contribution is 2.26. The predicted octanol–water partition coefficient (Wildman–Crippen LogP) is 3.72. The molecular weight excluding hydrogens is 378 g/mol. The quantitative estimate of drug-likeness (QED) is 0.728. The molecule has 0 radical (unpaired) electrons. The molecule has 4 rings (SSSR count). The molecule has 0 spiro atoms. The maximum absolute atomic E-state index is 12.9. The molecule has 1 fully saturated rings. The van der Waals surface area contributed by atoms with Crippen LogP contribution in [0.3, 0.4) is 0 Å². The van der Waals surface area contributed by atoms with E-state index in [1.807, 2.05) is 0 Å². The van der Waals surface area contributed by atoms with E-state index < -0.39 is 0 Å². The van der Waals surface area contributed by atoms with Crippen molar-refractivity contribution in [3.63, 3.8) is 0 Å². The third-order valence-corrected chi connectivity index (χ3v) is 5.42. The number of fused-ring (bicyclic) bond motifs is 1. The summed E-state index contributed by atoms with van der Waals surface area (Å²) in [5.41, 5.74) is 1.36. The minimum Gasteiger partial charge on any atom is -0.495 e. The first-order valence-electron chi connectivity index (χ1n) is 9.23. The Morgan fingerprint density at radius 1 is 1.21 bits per heavy atom. The molecule has 6 nitrogen and oxygen atoms in total. The SMILES string of the molecule is COc1ccc(-n2cnc3cc(C(=O)NC4CCCC4)ccc3c2=O)cc1Cl. The maximum Gasteiger partial charge on any atom is 0.265 e. The van der Waals surface area contributed by atoms with E-state index in [9.17, 15) is 9.59 Å². The molecule has 0 bridgehead atoms. The minimum absolute atomic E-state index is 0.123. The molecule has 1 N–H and O–H groups in total. The smallest absolute Gasteiger partial charge is 0.265 e. The fraction of sp³-hybridized carbons (Fsp3) is 0.286. The van der Waals surface area contributed by atoms with Gasteiger partial charge in [-0.25, -0.2) is 4.98 Å². The van der Waals surface area contributed by atoms with Gasteiger partial charge in [-0.3, -0.25) is 14.2 Å². The predicted molar refractivity (Wildman–Crippen MR) is 109 cm³/mol. The van der Waals surface area contributed by atoms with Crippen LogP contribution in [0.1, 0.15) is 36.0 Å². The van der Waals surface area contributed by atoms with Crippen LogP contribution in [-0.2, 0) is 0 Å². The molecule has 0 atom stereocenters. The highest BCUT2D eigenvalue weighted by Gasteiger charge is 2.18. The number of aromatic nitrogens is 2. The Morgan fingerprint density at radius 3 is 2.71 bits per heavy atom.